The summed E-state index contributed by atoms with van der Waals surface area (Å²) in [5.41, 5.74) is 0.961. The lowest BCUT2D eigenvalue weighted by atomic mass is 9.76. The molecule has 3 amide bonds. The van der Waals surface area contributed by atoms with E-state index < -0.39 is 17.4 Å². The number of anilines is 1. The Labute approximate surface area is 176 Å². The monoisotopic (exact) mass is 417 g/mol. The van der Waals surface area contributed by atoms with Crippen LogP contribution in [0, 0.1) is 24.7 Å². The summed E-state index contributed by atoms with van der Waals surface area (Å²) in [6.07, 6.45) is 1.39. The summed E-state index contributed by atoms with van der Waals surface area (Å²) >= 11 is 6.34. The molecule has 5 unspecified atom stereocenters. The Kier molecular flexibility index (Phi) is 4.78. The van der Waals surface area contributed by atoms with Crippen molar-refractivity contribution in [3.8, 4) is 0 Å². The molecule has 29 heavy (non-hydrogen) atoms. The molecule has 0 radical (unpaired) electrons. The van der Waals surface area contributed by atoms with E-state index in [9.17, 15) is 14.4 Å². The van der Waals surface area contributed by atoms with Gasteiger partial charge < -0.3 is 5.32 Å². The van der Waals surface area contributed by atoms with Gasteiger partial charge in [0.2, 0.25) is 17.7 Å². The first-order valence-corrected chi connectivity index (χ1v) is 10.8. The number of benzene rings is 1. The number of likely N-dealkylation sites (tertiary alicyclic amines) is 1. The van der Waals surface area contributed by atoms with E-state index in [2.05, 4.69) is 24.5 Å². The van der Waals surface area contributed by atoms with E-state index in [1.165, 1.54) is 4.90 Å². The fourth-order valence-electron chi connectivity index (χ4n) is 5.38. The molecular formula is C22H28ClN3O3. The molecule has 1 spiro atoms. The molecule has 2 N–H and O–H groups in total. The largest absolute Gasteiger partial charge is 0.324 e. The zero-order valence-electron chi connectivity index (χ0n) is 17.5. The van der Waals surface area contributed by atoms with Crippen molar-refractivity contribution in [2.45, 2.75) is 65.1 Å². The number of hydrogen-bond donors (Lipinski definition) is 2. The fraction of sp³-hybridized carbons (Fsp3) is 0.591. The maximum absolute atomic E-state index is 13.6. The van der Waals surface area contributed by atoms with Crippen LogP contribution in [0.2, 0.25) is 5.02 Å². The molecule has 2 fully saturated rings. The summed E-state index contributed by atoms with van der Waals surface area (Å²) in [6.45, 7) is 9.89. The van der Waals surface area contributed by atoms with Crippen LogP contribution in [0.5, 0.6) is 0 Å². The van der Waals surface area contributed by atoms with Gasteiger partial charge in [-0.3, -0.25) is 24.6 Å². The average Bonchev–Trinajstić information content (AvgIpc) is 3.20. The lowest BCUT2D eigenvalue weighted by Gasteiger charge is -2.31. The zero-order valence-corrected chi connectivity index (χ0v) is 18.3. The minimum atomic E-state index is -1.26. The third-order valence-corrected chi connectivity index (χ3v) is 7.00. The third-order valence-electron chi connectivity index (χ3n) is 6.78. The van der Waals surface area contributed by atoms with Crippen molar-refractivity contribution in [1.29, 1.82) is 0 Å². The van der Waals surface area contributed by atoms with E-state index >= 15 is 0 Å². The average molecular weight is 418 g/mol. The highest BCUT2D eigenvalue weighted by molar-refractivity contribution is 6.31. The normalized spacial score (nSPS) is 31.6. The van der Waals surface area contributed by atoms with Gasteiger partial charge >= 0.3 is 0 Å². The second-order valence-electron chi connectivity index (χ2n) is 9.09. The number of nitrogens with zero attached hydrogens (tertiary/aromatic N) is 1. The first-order valence-electron chi connectivity index (χ1n) is 10.4. The van der Waals surface area contributed by atoms with E-state index in [0.29, 0.717) is 35.0 Å². The molecule has 2 saturated heterocycles. The van der Waals surface area contributed by atoms with Crippen LogP contribution in [0.3, 0.4) is 0 Å². The van der Waals surface area contributed by atoms with Crippen molar-refractivity contribution in [1.82, 2.24) is 10.2 Å². The summed E-state index contributed by atoms with van der Waals surface area (Å²) in [5, 5.41) is 6.94. The minimum Gasteiger partial charge on any atom is -0.324 e. The Hall–Kier alpha value is -1.92. The molecule has 1 aromatic carbocycles. The maximum atomic E-state index is 13.6. The lowest BCUT2D eigenvalue weighted by Crippen LogP contribution is -2.54. The van der Waals surface area contributed by atoms with E-state index in [4.69, 9.17) is 11.6 Å². The number of hydrogen-bond acceptors (Lipinski definition) is 4. The van der Waals surface area contributed by atoms with Gasteiger partial charge in [0.25, 0.3) is 0 Å². The molecule has 6 nitrogen and oxygen atoms in total. The van der Waals surface area contributed by atoms with Crippen LogP contribution in [0.25, 0.3) is 0 Å². The van der Waals surface area contributed by atoms with Crippen LogP contribution in [0.1, 0.15) is 51.7 Å². The summed E-state index contributed by atoms with van der Waals surface area (Å²) in [6, 6.07) is 3.11. The van der Waals surface area contributed by atoms with Gasteiger partial charge in [-0.25, -0.2) is 0 Å². The minimum absolute atomic E-state index is 0.163. The van der Waals surface area contributed by atoms with Gasteiger partial charge in [0.1, 0.15) is 5.54 Å². The molecule has 3 aliphatic heterocycles. The Bertz CT molecular complexity index is 915. The molecule has 1 aromatic rings. The Balaban J connectivity index is 1.91. The van der Waals surface area contributed by atoms with Gasteiger partial charge in [0.15, 0.2) is 0 Å². The molecule has 5 atom stereocenters. The van der Waals surface area contributed by atoms with Gasteiger partial charge in [0, 0.05) is 28.4 Å². The van der Waals surface area contributed by atoms with E-state index in [-0.39, 0.29) is 29.8 Å². The Morgan fingerprint density at radius 2 is 1.86 bits per heavy atom. The summed E-state index contributed by atoms with van der Waals surface area (Å²) < 4.78 is 0. The molecular weight excluding hydrogens is 390 g/mol. The van der Waals surface area contributed by atoms with Crippen molar-refractivity contribution in [2.75, 3.05) is 5.32 Å². The number of nitrogens with one attached hydrogen (secondary N) is 2. The number of aryl methyl sites for hydroxylation is 1. The van der Waals surface area contributed by atoms with Crippen LogP contribution in [-0.2, 0) is 19.9 Å². The predicted molar refractivity (Wildman–Crippen MR) is 111 cm³/mol. The topological polar surface area (TPSA) is 78.5 Å². The van der Waals surface area contributed by atoms with Crippen molar-refractivity contribution in [2.24, 2.45) is 17.8 Å². The highest BCUT2D eigenvalue weighted by atomic mass is 35.5. The van der Waals surface area contributed by atoms with E-state index in [1.807, 2.05) is 20.8 Å². The van der Waals surface area contributed by atoms with Crippen molar-refractivity contribution in [3.05, 3.63) is 28.3 Å². The molecule has 4 rings (SSSR count). The quantitative estimate of drug-likeness (QED) is 0.737. The van der Waals surface area contributed by atoms with Crippen LogP contribution in [-0.4, -0.2) is 34.7 Å². The second kappa shape index (κ2) is 6.81. The Morgan fingerprint density at radius 3 is 2.48 bits per heavy atom. The number of rotatable bonds is 4. The molecule has 0 aromatic heterocycles. The number of amides is 3. The van der Waals surface area contributed by atoms with E-state index in [1.54, 1.807) is 12.1 Å². The van der Waals surface area contributed by atoms with Crippen molar-refractivity contribution in [3.63, 3.8) is 0 Å². The van der Waals surface area contributed by atoms with Gasteiger partial charge in [-0.1, -0.05) is 32.4 Å². The first kappa shape index (κ1) is 20.4. The zero-order chi connectivity index (χ0) is 21.2. The number of fused-ring (bicyclic) bond motifs is 4. The number of halogens is 1. The molecule has 0 bridgehead atoms. The molecule has 3 heterocycles. The summed E-state index contributed by atoms with van der Waals surface area (Å²) in [7, 11) is 0. The lowest BCUT2D eigenvalue weighted by molar-refractivity contribution is -0.145. The molecule has 3 aliphatic rings. The smallest absolute Gasteiger partial charge is 0.250 e. The second-order valence-corrected chi connectivity index (χ2v) is 9.53. The Morgan fingerprint density at radius 1 is 1.17 bits per heavy atom. The van der Waals surface area contributed by atoms with Gasteiger partial charge in [0.05, 0.1) is 11.8 Å². The SMILES string of the molecule is CCC(C)N1C(=O)C2C(CC(C)C)NC3(C(=O)Nc4c(C)cc(Cl)cc43)C2C1=O. The maximum Gasteiger partial charge on any atom is 0.250 e. The summed E-state index contributed by atoms with van der Waals surface area (Å²) in [5.74, 6) is -1.68. The van der Waals surface area contributed by atoms with Gasteiger partial charge in [-0.05, 0) is 50.3 Å². The number of carbonyl (C=O) groups excluding carboxylic acids is 3. The van der Waals surface area contributed by atoms with E-state index in [0.717, 1.165) is 5.56 Å². The molecule has 156 valence electrons. The molecule has 0 saturated carbocycles. The van der Waals surface area contributed by atoms with Crippen molar-refractivity contribution < 1.29 is 14.4 Å². The molecule has 0 aliphatic carbocycles. The fourth-order valence-corrected chi connectivity index (χ4v) is 5.66. The predicted octanol–water partition coefficient (Wildman–Crippen LogP) is 3.21. The first-order chi connectivity index (χ1) is 13.6. The standard InChI is InChI=1S/C22H28ClN3O3/c1-6-12(5)26-19(27)16-15(7-10(2)3)25-22(17(16)20(26)28)14-9-13(23)8-11(4)18(14)24-21(22)29/h8-10,12,15-17,25H,6-7H2,1-5H3,(H,24,29). The van der Waals surface area contributed by atoms with Crippen LogP contribution in [0.15, 0.2) is 12.1 Å². The summed E-state index contributed by atoms with van der Waals surface area (Å²) in [4.78, 5) is 41.7. The third kappa shape index (κ3) is 2.68. The van der Waals surface area contributed by atoms with Crippen molar-refractivity contribution >= 4 is 35.0 Å². The number of imide groups is 1. The van der Waals surface area contributed by atoms with Crippen LogP contribution >= 0.6 is 11.6 Å². The van der Waals surface area contributed by atoms with Gasteiger partial charge in [-0.2, -0.15) is 0 Å². The number of carbonyl (C=O) groups is 3. The van der Waals surface area contributed by atoms with Gasteiger partial charge in [-0.15, -0.1) is 0 Å². The highest BCUT2D eigenvalue weighted by Gasteiger charge is 2.70. The molecule has 7 heteroatoms. The van der Waals surface area contributed by atoms with Crippen LogP contribution in [0.4, 0.5) is 5.69 Å². The van der Waals surface area contributed by atoms with Crippen LogP contribution < -0.4 is 10.6 Å². The highest BCUT2D eigenvalue weighted by Crippen LogP contribution is 2.55.